The van der Waals surface area contributed by atoms with Crippen LogP contribution in [0.25, 0.3) is 10.8 Å². The summed E-state index contributed by atoms with van der Waals surface area (Å²) in [7, 11) is 0. The Balaban J connectivity index is 2.48. The number of aromatic nitrogens is 1. The summed E-state index contributed by atoms with van der Waals surface area (Å²) in [6.07, 6.45) is 1.68. The number of furan rings is 1. The standard InChI is InChI=1S/C12H14BrNOS/c1-12(2,3)10-9(7-13)16-11(14-10)8-5-4-6-15-8/h4-6H,7H2,1-3H3. The summed E-state index contributed by atoms with van der Waals surface area (Å²) in [6.45, 7) is 6.54. The molecule has 0 aliphatic carbocycles. The van der Waals surface area contributed by atoms with Crippen LogP contribution >= 0.6 is 27.3 Å². The van der Waals surface area contributed by atoms with E-state index in [2.05, 4.69) is 41.7 Å². The van der Waals surface area contributed by atoms with Gasteiger partial charge in [0.2, 0.25) is 0 Å². The summed E-state index contributed by atoms with van der Waals surface area (Å²) in [5.74, 6) is 0.850. The van der Waals surface area contributed by atoms with Crippen LogP contribution in [0.15, 0.2) is 22.8 Å². The highest BCUT2D eigenvalue weighted by atomic mass is 79.9. The zero-order chi connectivity index (χ0) is 11.8. The third kappa shape index (κ3) is 2.23. The number of halogens is 1. The second-order valence-corrected chi connectivity index (χ2v) is 6.30. The molecule has 16 heavy (non-hydrogen) atoms. The summed E-state index contributed by atoms with van der Waals surface area (Å²) in [5.41, 5.74) is 1.23. The molecule has 0 radical (unpaired) electrons. The molecular weight excluding hydrogens is 286 g/mol. The molecule has 0 aliphatic heterocycles. The number of rotatable bonds is 2. The lowest BCUT2D eigenvalue weighted by Crippen LogP contribution is -2.13. The summed E-state index contributed by atoms with van der Waals surface area (Å²) >= 11 is 5.21. The van der Waals surface area contributed by atoms with Gasteiger partial charge in [-0.05, 0) is 12.1 Å². The van der Waals surface area contributed by atoms with E-state index in [9.17, 15) is 0 Å². The Labute approximate surface area is 108 Å². The summed E-state index contributed by atoms with van der Waals surface area (Å²) < 4.78 is 5.38. The van der Waals surface area contributed by atoms with E-state index in [-0.39, 0.29) is 5.41 Å². The molecular formula is C12H14BrNOS. The minimum Gasteiger partial charge on any atom is -0.462 e. The van der Waals surface area contributed by atoms with Crippen molar-refractivity contribution in [2.75, 3.05) is 0 Å². The van der Waals surface area contributed by atoms with Crippen LogP contribution in [0.2, 0.25) is 0 Å². The SMILES string of the molecule is CC(C)(C)c1nc(-c2ccco2)sc1CBr. The zero-order valence-corrected chi connectivity index (χ0v) is 12.0. The number of hydrogen-bond acceptors (Lipinski definition) is 3. The Hall–Kier alpha value is -0.610. The second kappa shape index (κ2) is 4.34. The van der Waals surface area contributed by atoms with Crippen molar-refractivity contribution in [1.29, 1.82) is 0 Å². The first-order valence-corrected chi connectivity index (χ1v) is 7.06. The van der Waals surface area contributed by atoms with Crippen molar-refractivity contribution in [3.63, 3.8) is 0 Å². The Bertz CT molecular complexity index is 468. The van der Waals surface area contributed by atoms with Crippen LogP contribution in [-0.4, -0.2) is 4.98 Å². The van der Waals surface area contributed by atoms with Crippen molar-refractivity contribution in [3.05, 3.63) is 29.0 Å². The first-order valence-electron chi connectivity index (χ1n) is 5.12. The van der Waals surface area contributed by atoms with Crippen LogP contribution in [0.5, 0.6) is 0 Å². The maximum atomic E-state index is 5.38. The predicted molar refractivity (Wildman–Crippen MR) is 71.1 cm³/mol. The largest absolute Gasteiger partial charge is 0.462 e. The number of thiazole rings is 1. The summed E-state index contributed by atoms with van der Waals surface area (Å²) in [5, 5.41) is 1.81. The lowest BCUT2D eigenvalue weighted by atomic mass is 9.91. The van der Waals surface area contributed by atoms with Crippen LogP contribution in [0.1, 0.15) is 31.3 Å². The molecule has 0 bridgehead atoms. The average molecular weight is 300 g/mol. The fourth-order valence-corrected chi connectivity index (χ4v) is 3.23. The molecule has 2 aromatic heterocycles. The molecule has 86 valence electrons. The van der Waals surface area contributed by atoms with Gasteiger partial charge >= 0.3 is 0 Å². The maximum absolute atomic E-state index is 5.38. The van der Waals surface area contributed by atoms with Gasteiger partial charge < -0.3 is 4.42 Å². The van der Waals surface area contributed by atoms with E-state index in [1.54, 1.807) is 17.6 Å². The monoisotopic (exact) mass is 299 g/mol. The van der Waals surface area contributed by atoms with E-state index in [0.717, 1.165) is 21.8 Å². The first-order chi connectivity index (χ1) is 7.52. The highest BCUT2D eigenvalue weighted by molar-refractivity contribution is 9.08. The third-order valence-electron chi connectivity index (χ3n) is 2.26. The van der Waals surface area contributed by atoms with Crippen LogP contribution in [0.4, 0.5) is 0 Å². The van der Waals surface area contributed by atoms with Gasteiger partial charge in [0.1, 0.15) is 0 Å². The van der Waals surface area contributed by atoms with Gasteiger partial charge in [-0.1, -0.05) is 36.7 Å². The molecule has 0 saturated carbocycles. The van der Waals surface area contributed by atoms with Crippen molar-refractivity contribution in [1.82, 2.24) is 4.98 Å². The number of alkyl halides is 1. The molecule has 0 unspecified atom stereocenters. The van der Waals surface area contributed by atoms with E-state index in [1.165, 1.54) is 4.88 Å². The third-order valence-corrected chi connectivity index (χ3v) is 4.26. The van der Waals surface area contributed by atoms with Gasteiger partial charge in [-0.3, -0.25) is 0 Å². The Morgan fingerprint density at radius 1 is 1.44 bits per heavy atom. The van der Waals surface area contributed by atoms with Gasteiger partial charge in [-0.2, -0.15) is 0 Å². The van der Waals surface area contributed by atoms with E-state index in [1.807, 2.05) is 12.1 Å². The molecule has 4 heteroatoms. The lowest BCUT2D eigenvalue weighted by molar-refractivity contribution is 0.563. The van der Waals surface area contributed by atoms with Gasteiger partial charge in [-0.25, -0.2) is 4.98 Å². The van der Waals surface area contributed by atoms with Crippen LogP contribution in [0.3, 0.4) is 0 Å². The molecule has 0 spiro atoms. The quantitative estimate of drug-likeness (QED) is 0.758. The average Bonchev–Trinajstić information content (AvgIpc) is 2.85. The number of nitrogens with zero attached hydrogens (tertiary/aromatic N) is 1. The van der Waals surface area contributed by atoms with E-state index < -0.39 is 0 Å². The van der Waals surface area contributed by atoms with Crippen molar-refractivity contribution in [2.24, 2.45) is 0 Å². The second-order valence-electron chi connectivity index (χ2n) is 4.65. The van der Waals surface area contributed by atoms with Crippen molar-refractivity contribution >= 4 is 27.3 Å². The highest BCUT2D eigenvalue weighted by Crippen LogP contribution is 2.35. The van der Waals surface area contributed by atoms with Crippen molar-refractivity contribution < 1.29 is 4.42 Å². The molecule has 0 atom stereocenters. The summed E-state index contributed by atoms with van der Waals surface area (Å²) in [6, 6.07) is 3.84. The molecule has 0 fully saturated rings. The van der Waals surface area contributed by atoms with Crippen molar-refractivity contribution in [2.45, 2.75) is 31.5 Å². The normalized spacial score (nSPS) is 12.0. The molecule has 2 nitrogen and oxygen atoms in total. The van der Waals surface area contributed by atoms with E-state index >= 15 is 0 Å². The number of hydrogen-bond donors (Lipinski definition) is 0. The summed E-state index contributed by atoms with van der Waals surface area (Å²) in [4.78, 5) is 5.97. The predicted octanol–water partition coefficient (Wildman–Crippen LogP) is 4.60. The molecule has 0 aromatic carbocycles. The van der Waals surface area contributed by atoms with Crippen molar-refractivity contribution in [3.8, 4) is 10.8 Å². The minimum atomic E-state index is 0.0739. The molecule has 0 amide bonds. The molecule has 2 aromatic rings. The van der Waals surface area contributed by atoms with Gasteiger partial charge in [0, 0.05) is 15.6 Å². The molecule has 0 aliphatic rings. The van der Waals surface area contributed by atoms with E-state index in [4.69, 9.17) is 4.42 Å². The lowest BCUT2D eigenvalue weighted by Gasteiger charge is -2.16. The minimum absolute atomic E-state index is 0.0739. The first kappa shape index (κ1) is 11.9. The fraction of sp³-hybridized carbons (Fsp3) is 0.417. The smallest absolute Gasteiger partial charge is 0.162 e. The van der Waals surface area contributed by atoms with Crippen LogP contribution < -0.4 is 0 Å². The highest BCUT2D eigenvalue weighted by Gasteiger charge is 2.23. The molecule has 0 saturated heterocycles. The Morgan fingerprint density at radius 2 is 2.19 bits per heavy atom. The zero-order valence-electron chi connectivity index (χ0n) is 9.58. The molecule has 2 rings (SSSR count). The van der Waals surface area contributed by atoms with E-state index in [0.29, 0.717) is 0 Å². The molecule has 2 heterocycles. The Morgan fingerprint density at radius 3 is 2.62 bits per heavy atom. The Kier molecular flexibility index (Phi) is 3.22. The molecule has 0 N–H and O–H groups in total. The van der Waals surface area contributed by atoms with Gasteiger partial charge in [0.25, 0.3) is 0 Å². The fourth-order valence-electron chi connectivity index (χ4n) is 1.53. The van der Waals surface area contributed by atoms with Crippen LogP contribution in [0, 0.1) is 0 Å². The maximum Gasteiger partial charge on any atom is 0.162 e. The van der Waals surface area contributed by atoms with Gasteiger partial charge in [0.15, 0.2) is 10.8 Å². The van der Waals surface area contributed by atoms with Gasteiger partial charge in [0.05, 0.1) is 12.0 Å². The van der Waals surface area contributed by atoms with Gasteiger partial charge in [-0.15, -0.1) is 11.3 Å². The topological polar surface area (TPSA) is 26.0 Å². The van der Waals surface area contributed by atoms with Crippen LogP contribution in [-0.2, 0) is 10.7 Å².